The highest BCUT2D eigenvalue weighted by Gasteiger charge is 2.19. The SMILES string of the molecule is CCCCN(CC)C(=O)c1cccc(CS(=O)(=O)CC(=O)Nc2ccc(C)cc2)c1. The average Bonchev–Trinajstić information content (AvgIpc) is 2.69. The number of amides is 2. The Bertz CT molecular complexity index is 969. The zero-order valence-corrected chi connectivity index (χ0v) is 18.7. The summed E-state index contributed by atoms with van der Waals surface area (Å²) in [6.45, 7) is 7.19. The summed E-state index contributed by atoms with van der Waals surface area (Å²) in [6, 6.07) is 13.8. The number of unbranched alkanes of at least 4 members (excludes halogenated alkanes) is 1. The van der Waals surface area contributed by atoms with Gasteiger partial charge in [0.1, 0.15) is 5.75 Å². The molecule has 0 saturated heterocycles. The van der Waals surface area contributed by atoms with E-state index < -0.39 is 21.5 Å². The summed E-state index contributed by atoms with van der Waals surface area (Å²) >= 11 is 0. The fourth-order valence-corrected chi connectivity index (χ4v) is 4.33. The van der Waals surface area contributed by atoms with Crippen molar-refractivity contribution in [2.45, 2.75) is 39.4 Å². The molecule has 0 aliphatic rings. The summed E-state index contributed by atoms with van der Waals surface area (Å²) in [5.74, 6) is -1.60. The lowest BCUT2D eigenvalue weighted by molar-refractivity contribution is -0.113. The number of sulfone groups is 1. The second-order valence-corrected chi connectivity index (χ2v) is 9.45. The van der Waals surface area contributed by atoms with Crippen molar-refractivity contribution in [1.82, 2.24) is 4.90 Å². The van der Waals surface area contributed by atoms with Gasteiger partial charge in [0, 0.05) is 24.3 Å². The van der Waals surface area contributed by atoms with Crippen molar-refractivity contribution in [3.05, 3.63) is 65.2 Å². The van der Waals surface area contributed by atoms with Crippen LogP contribution in [0.3, 0.4) is 0 Å². The highest BCUT2D eigenvalue weighted by Crippen LogP contribution is 2.14. The molecule has 0 bridgehead atoms. The number of hydrogen-bond acceptors (Lipinski definition) is 4. The van der Waals surface area contributed by atoms with Gasteiger partial charge >= 0.3 is 0 Å². The van der Waals surface area contributed by atoms with E-state index in [1.807, 2.05) is 26.0 Å². The van der Waals surface area contributed by atoms with Crippen LogP contribution in [0.4, 0.5) is 5.69 Å². The van der Waals surface area contributed by atoms with E-state index in [9.17, 15) is 18.0 Å². The van der Waals surface area contributed by atoms with Crippen LogP contribution in [0.25, 0.3) is 0 Å². The fourth-order valence-electron chi connectivity index (χ4n) is 3.07. The number of aryl methyl sites for hydroxylation is 1. The summed E-state index contributed by atoms with van der Waals surface area (Å²) in [5.41, 5.74) is 2.56. The van der Waals surface area contributed by atoms with Crippen molar-refractivity contribution in [2.75, 3.05) is 24.2 Å². The van der Waals surface area contributed by atoms with E-state index in [0.29, 0.717) is 29.9 Å². The van der Waals surface area contributed by atoms with Crippen LogP contribution in [0.1, 0.15) is 48.2 Å². The molecule has 2 aromatic rings. The largest absolute Gasteiger partial charge is 0.339 e. The van der Waals surface area contributed by atoms with E-state index in [1.165, 1.54) is 0 Å². The third-order valence-corrected chi connectivity index (χ3v) is 6.17. The molecule has 2 rings (SSSR count). The number of hydrogen-bond donors (Lipinski definition) is 1. The highest BCUT2D eigenvalue weighted by molar-refractivity contribution is 7.91. The molecule has 0 heterocycles. The van der Waals surface area contributed by atoms with Crippen LogP contribution in [-0.2, 0) is 20.4 Å². The van der Waals surface area contributed by atoms with Crippen LogP contribution < -0.4 is 5.32 Å². The molecule has 0 spiro atoms. The van der Waals surface area contributed by atoms with Crippen LogP contribution in [0.15, 0.2) is 48.5 Å². The topological polar surface area (TPSA) is 83.6 Å². The van der Waals surface area contributed by atoms with Crippen LogP contribution in [0, 0.1) is 6.92 Å². The van der Waals surface area contributed by atoms with E-state index in [4.69, 9.17) is 0 Å². The minimum atomic E-state index is -3.68. The Morgan fingerprint density at radius 2 is 1.73 bits per heavy atom. The van der Waals surface area contributed by atoms with Gasteiger partial charge in [-0.15, -0.1) is 0 Å². The molecule has 0 saturated carbocycles. The van der Waals surface area contributed by atoms with Crippen LogP contribution in [0.5, 0.6) is 0 Å². The van der Waals surface area contributed by atoms with Crippen molar-refractivity contribution in [3.8, 4) is 0 Å². The van der Waals surface area contributed by atoms with E-state index in [2.05, 4.69) is 12.2 Å². The lowest BCUT2D eigenvalue weighted by Crippen LogP contribution is -2.31. The summed E-state index contributed by atoms with van der Waals surface area (Å²) < 4.78 is 25.0. The van der Waals surface area contributed by atoms with Crippen molar-refractivity contribution in [2.24, 2.45) is 0 Å². The molecule has 0 aromatic heterocycles. The molecule has 162 valence electrons. The van der Waals surface area contributed by atoms with Gasteiger partial charge in [0.05, 0.1) is 5.75 Å². The molecular weight excluding hydrogens is 400 g/mol. The normalized spacial score (nSPS) is 11.2. The van der Waals surface area contributed by atoms with Crippen LogP contribution in [0.2, 0.25) is 0 Å². The summed E-state index contributed by atoms with van der Waals surface area (Å²) in [7, 11) is -3.68. The quantitative estimate of drug-likeness (QED) is 0.621. The third kappa shape index (κ3) is 7.30. The number of nitrogens with zero attached hydrogens (tertiary/aromatic N) is 1. The molecular formula is C23H30N2O4S. The molecule has 0 fully saturated rings. The van der Waals surface area contributed by atoms with Gasteiger partial charge < -0.3 is 10.2 Å². The molecule has 2 amide bonds. The number of nitrogens with one attached hydrogen (secondary N) is 1. The van der Waals surface area contributed by atoms with Gasteiger partial charge in [-0.2, -0.15) is 0 Å². The Labute approximate surface area is 179 Å². The molecule has 1 N–H and O–H groups in total. The summed E-state index contributed by atoms with van der Waals surface area (Å²) in [6.07, 6.45) is 1.91. The van der Waals surface area contributed by atoms with E-state index >= 15 is 0 Å². The molecule has 30 heavy (non-hydrogen) atoms. The maximum absolute atomic E-state index is 12.7. The van der Waals surface area contributed by atoms with Crippen LogP contribution in [-0.4, -0.2) is 44.0 Å². The Morgan fingerprint density at radius 3 is 2.37 bits per heavy atom. The Kier molecular flexibility index (Phi) is 8.59. The van der Waals surface area contributed by atoms with Crippen molar-refractivity contribution in [3.63, 3.8) is 0 Å². The Balaban J connectivity index is 2.03. The predicted molar refractivity (Wildman–Crippen MR) is 120 cm³/mol. The van der Waals surface area contributed by atoms with Crippen molar-refractivity contribution < 1.29 is 18.0 Å². The maximum Gasteiger partial charge on any atom is 0.253 e. The number of rotatable bonds is 10. The first-order valence-electron chi connectivity index (χ1n) is 10.2. The second-order valence-electron chi connectivity index (χ2n) is 7.39. The van der Waals surface area contributed by atoms with Gasteiger partial charge in [0.15, 0.2) is 9.84 Å². The first kappa shape index (κ1) is 23.6. The van der Waals surface area contributed by atoms with Gasteiger partial charge in [-0.25, -0.2) is 8.42 Å². The minimum absolute atomic E-state index is 0.109. The fraction of sp³-hybridized carbons (Fsp3) is 0.391. The third-order valence-electron chi connectivity index (χ3n) is 4.70. The molecule has 0 unspecified atom stereocenters. The number of carbonyl (C=O) groups is 2. The molecule has 0 aliphatic heterocycles. The highest BCUT2D eigenvalue weighted by atomic mass is 32.2. The standard InChI is InChI=1S/C23H30N2O4S/c1-4-6-14-25(5-2)23(27)20-9-7-8-19(15-20)16-30(28,29)17-22(26)24-21-12-10-18(3)11-13-21/h7-13,15H,4-6,14,16-17H2,1-3H3,(H,24,26). The molecule has 0 aliphatic carbocycles. The number of benzene rings is 2. The van der Waals surface area contributed by atoms with Gasteiger partial charge in [0.25, 0.3) is 5.91 Å². The number of anilines is 1. The monoisotopic (exact) mass is 430 g/mol. The Hall–Kier alpha value is -2.67. The van der Waals surface area contributed by atoms with Crippen LogP contribution >= 0.6 is 0 Å². The number of carbonyl (C=O) groups excluding carboxylic acids is 2. The van der Waals surface area contributed by atoms with E-state index in [1.54, 1.807) is 41.3 Å². The lowest BCUT2D eigenvalue weighted by atomic mass is 10.1. The zero-order chi connectivity index (χ0) is 22.1. The van der Waals surface area contributed by atoms with E-state index in [0.717, 1.165) is 18.4 Å². The van der Waals surface area contributed by atoms with Crippen molar-refractivity contribution >= 4 is 27.3 Å². The molecule has 0 radical (unpaired) electrons. The molecule has 7 heteroatoms. The molecule has 2 aromatic carbocycles. The average molecular weight is 431 g/mol. The summed E-state index contributed by atoms with van der Waals surface area (Å²) in [5, 5.41) is 2.60. The van der Waals surface area contributed by atoms with E-state index in [-0.39, 0.29) is 11.7 Å². The maximum atomic E-state index is 12.7. The smallest absolute Gasteiger partial charge is 0.253 e. The predicted octanol–water partition coefficient (Wildman–Crippen LogP) is 3.81. The second kappa shape index (κ2) is 10.9. The zero-order valence-electron chi connectivity index (χ0n) is 17.8. The van der Waals surface area contributed by atoms with Gasteiger partial charge in [-0.1, -0.05) is 43.2 Å². The Morgan fingerprint density at radius 1 is 1.03 bits per heavy atom. The first-order valence-corrected chi connectivity index (χ1v) is 12.0. The summed E-state index contributed by atoms with van der Waals surface area (Å²) in [4.78, 5) is 26.6. The van der Waals surface area contributed by atoms with Gasteiger partial charge in [0.2, 0.25) is 5.91 Å². The van der Waals surface area contributed by atoms with Gasteiger partial charge in [-0.05, 0) is 50.1 Å². The lowest BCUT2D eigenvalue weighted by Gasteiger charge is -2.21. The minimum Gasteiger partial charge on any atom is -0.339 e. The first-order chi connectivity index (χ1) is 14.2. The molecule has 0 atom stereocenters. The molecule has 6 nitrogen and oxygen atoms in total. The van der Waals surface area contributed by atoms with Gasteiger partial charge in [-0.3, -0.25) is 9.59 Å². The van der Waals surface area contributed by atoms with Crippen molar-refractivity contribution in [1.29, 1.82) is 0 Å².